The van der Waals surface area contributed by atoms with Gasteiger partial charge < -0.3 is 4.74 Å². The Bertz CT molecular complexity index is 1280. The summed E-state index contributed by atoms with van der Waals surface area (Å²) in [5.74, 6) is 0.565. The molecule has 7 nitrogen and oxygen atoms in total. The van der Waals surface area contributed by atoms with Crippen LogP contribution >= 0.6 is 0 Å². The lowest BCUT2D eigenvalue weighted by atomic mass is 10.2. The van der Waals surface area contributed by atoms with Crippen molar-refractivity contribution in [2.45, 2.75) is 14.7 Å². The molecule has 3 rings (SSSR count). The first-order valence-corrected chi connectivity index (χ1v) is 11.3. The van der Waals surface area contributed by atoms with Crippen LogP contribution in [0.2, 0.25) is 0 Å². The third kappa shape index (κ3) is 4.23. The number of sulfonamides is 1. The van der Waals surface area contributed by atoms with Crippen LogP contribution in [0, 0.1) is 11.3 Å². The highest BCUT2D eigenvalue weighted by Gasteiger charge is 2.24. The van der Waals surface area contributed by atoms with E-state index in [-0.39, 0.29) is 20.2 Å². The second-order valence-electron chi connectivity index (χ2n) is 5.92. The molecule has 0 radical (unpaired) electrons. The van der Waals surface area contributed by atoms with Crippen molar-refractivity contribution in [2.24, 2.45) is 0 Å². The Hall–Kier alpha value is -3.35. The van der Waals surface area contributed by atoms with Gasteiger partial charge in [0, 0.05) is 5.69 Å². The smallest absolute Gasteiger partial charge is 0.261 e. The molecule has 0 saturated carbocycles. The van der Waals surface area contributed by atoms with Gasteiger partial charge in [-0.15, -0.1) is 0 Å². The molecule has 0 bridgehead atoms. The maximum Gasteiger partial charge on any atom is 0.261 e. The molecule has 0 unspecified atom stereocenters. The largest absolute Gasteiger partial charge is 0.497 e. The third-order valence-corrected chi connectivity index (χ3v) is 7.27. The molecule has 0 spiro atoms. The van der Waals surface area contributed by atoms with Gasteiger partial charge in [0.2, 0.25) is 9.84 Å². The van der Waals surface area contributed by atoms with Crippen molar-refractivity contribution in [2.75, 3.05) is 11.8 Å². The lowest BCUT2D eigenvalue weighted by Crippen LogP contribution is -2.14. The van der Waals surface area contributed by atoms with Crippen molar-refractivity contribution in [1.82, 2.24) is 0 Å². The molecule has 0 aromatic heterocycles. The molecule has 3 aromatic carbocycles. The molecule has 148 valence electrons. The van der Waals surface area contributed by atoms with Crippen LogP contribution < -0.4 is 9.46 Å². The lowest BCUT2D eigenvalue weighted by Gasteiger charge is -2.11. The zero-order valence-corrected chi connectivity index (χ0v) is 16.9. The molecule has 0 aliphatic heterocycles. The molecule has 0 aliphatic rings. The Morgan fingerprint density at radius 1 is 0.862 bits per heavy atom. The van der Waals surface area contributed by atoms with E-state index in [1.165, 1.54) is 31.4 Å². The topological polar surface area (TPSA) is 113 Å². The molecule has 9 heteroatoms. The Morgan fingerprint density at radius 3 is 2.10 bits per heavy atom. The van der Waals surface area contributed by atoms with Gasteiger partial charge in [0.1, 0.15) is 11.8 Å². The fourth-order valence-corrected chi connectivity index (χ4v) is 5.09. The summed E-state index contributed by atoms with van der Waals surface area (Å²) in [5.41, 5.74) is 0.0387. The first-order valence-electron chi connectivity index (χ1n) is 8.29. The number of nitrogens with one attached hydrogen (secondary N) is 1. The second kappa shape index (κ2) is 7.95. The van der Waals surface area contributed by atoms with E-state index in [4.69, 9.17) is 4.74 Å². The van der Waals surface area contributed by atoms with Crippen molar-refractivity contribution in [3.05, 3.63) is 78.4 Å². The predicted molar refractivity (Wildman–Crippen MR) is 107 cm³/mol. The minimum atomic E-state index is -4.03. The van der Waals surface area contributed by atoms with E-state index in [1.54, 1.807) is 36.4 Å². The predicted octanol–water partition coefficient (Wildman–Crippen LogP) is 3.20. The molecule has 0 atom stereocenters. The van der Waals surface area contributed by atoms with Crippen LogP contribution in [-0.2, 0) is 19.9 Å². The van der Waals surface area contributed by atoms with Gasteiger partial charge in [-0.3, -0.25) is 4.72 Å². The summed E-state index contributed by atoms with van der Waals surface area (Å²) in [6, 6.07) is 19.0. The van der Waals surface area contributed by atoms with E-state index in [9.17, 15) is 22.1 Å². The fraction of sp³-hybridized carbons (Fsp3) is 0.0500. The van der Waals surface area contributed by atoms with Gasteiger partial charge in [-0.2, -0.15) is 5.26 Å². The average Bonchev–Trinajstić information content (AvgIpc) is 2.74. The summed E-state index contributed by atoms with van der Waals surface area (Å²) < 4.78 is 58.3. The first-order chi connectivity index (χ1) is 13.8. The number of nitriles is 1. The summed E-state index contributed by atoms with van der Waals surface area (Å²) in [6.07, 6.45) is 0. The molecule has 29 heavy (non-hydrogen) atoms. The zero-order valence-electron chi connectivity index (χ0n) is 15.2. The summed E-state index contributed by atoms with van der Waals surface area (Å²) >= 11 is 0. The summed E-state index contributed by atoms with van der Waals surface area (Å²) in [4.78, 5) is -0.463. The van der Waals surface area contributed by atoms with Gasteiger partial charge >= 0.3 is 0 Å². The van der Waals surface area contributed by atoms with Crippen LogP contribution in [0.4, 0.5) is 5.69 Å². The highest BCUT2D eigenvalue weighted by Crippen LogP contribution is 2.27. The summed E-state index contributed by atoms with van der Waals surface area (Å²) in [6.45, 7) is 0. The van der Waals surface area contributed by atoms with E-state index in [2.05, 4.69) is 4.72 Å². The van der Waals surface area contributed by atoms with Gasteiger partial charge in [-0.05, 0) is 54.6 Å². The Labute approximate surface area is 169 Å². The molecule has 3 aromatic rings. The van der Waals surface area contributed by atoms with Crippen molar-refractivity contribution in [3.63, 3.8) is 0 Å². The first kappa shape index (κ1) is 20.4. The van der Waals surface area contributed by atoms with Crippen LogP contribution in [0.5, 0.6) is 5.75 Å². The molecule has 0 saturated heterocycles. The number of anilines is 1. The van der Waals surface area contributed by atoms with Crippen LogP contribution in [0.15, 0.2) is 87.5 Å². The summed E-state index contributed by atoms with van der Waals surface area (Å²) in [5, 5.41) is 9.42. The number of benzene rings is 3. The van der Waals surface area contributed by atoms with Crippen molar-refractivity contribution in [1.29, 1.82) is 5.26 Å². The molecular formula is C20H16N2O5S2. The number of sulfone groups is 1. The van der Waals surface area contributed by atoms with E-state index in [0.717, 1.165) is 18.2 Å². The Kier molecular flexibility index (Phi) is 5.59. The Morgan fingerprint density at radius 2 is 1.52 bits per heavy atom. The number of rotatable bonds is 6. The van der Waals surface area contributed by atoms with Crippen molar-refractivity contribution < 1.29 is 21.6 Å². The van der Waals surface area contributed by atoms with Gasteiger partial charge in [0.05, 0.1) is 27.4 Å². The molecule has 0 heterocycles. The number of nitrogens with zero attached hydrogens (tertiary/aromatic N) is 1. The van der Waals surface area contributed by atoms with Crippen LogP contribution in [0.1, 0.15) is 5.56 Å². The fourth-order valence-electron chi connectivity index (χ4n) is 2.60. The van der Waals surface area contributed by atoms with E-state index < -0.39 is 19.9 Å². The lowest BCUT2D eigenvalue weighted by molar-refractivity contribution is 0.415. The van der Waals surface area contributed by atoms with Crippen LogP contribution in [0.3, 0.4) is 0 Å². The SMILES string of the molecule is COc1ccc(NS(=O)(=O)c2ccc(S(=O)(=O)c3ccccc3)c(C#N)c2)cc1. The van der Waals surface area contributed by atoms with Gasteiger partial charge in [-0.25, -0.2) is 16.8 Å². The van der Waals surface area contributed by atoms with Gasteiger partial charge in [0.25, 0.3) is 10.0 Å². The van der Waals surface area contributed by atoms with Crippen molar-refractivity contribution >= 4 is 25.5 Å². The van der Waals surface area contributed by atoms with E-state index in [0.29, 0.717) is 11.4 Å². The van der Waals surface area contributed by atoms with Gasteiger partial charge in [0.15, 0.2) is 0 Å². The van der Waals surface area contributed by atoms with Crippen molar-refractivity contribution in [3.8, 4) is 11.8 Å². The molecule has 0 aliphatic carbocycles. The average molecular weight is 428 g/mol. The van der Waals surface area contributed by atoms with Crippen LogP contribution in [0.25, 0.3) is 0 Å². The highest BCUT2D eigenvalue weighted by atomic mass is 32.2. The molecule has 0 fully saturated rings. The molecule has 0 amide bonds. The number of hydrogen-bond donors (Lipinski definition) is 1. The monoisotopic (exact) mass is 428 g/mol. The molecular weight excluding hydrogens is 412 g/mol. The highest BCUT2D eigenvalue weighted by molar-refractivity contribution is 7.93. The Balaban J connectivity index is 1.99. The van der Waals surface area contributed by atoms with E-state index in [1.807, 2.05) is 0 Å². The maximum absolute atomic E-state index is 12.8. The van der Waals surface area contributed by atoms with Gasteiger partial charge in [-0.1, -0.05) is 18.2 Å². The number of ether oxygens (including phenoxy) is 1. The normalized spacial score (nSPS) is 11.4. The van der Waals surface area contributed by atoms with Crippen LogP contribution in [-0.4, -0.2) is 23.9 Å². The maximum atomic E-state index is 12.8. The summed E-state index contributed by atoms with van der Waals surface area (Å²) in [7, 11) is -6.50. The quantitative estimate of drug-likeness (QED) is 0.645. The molecule has 1 N–H and O–H groups in total. The number of methoxy groups -OCH3 is 1. The third-order valence-electron chi connectivity index (χ3n) is 4.07. The zero-order chi connectivity index (χ0) is 21.1. The van der Waals surface area contributed by atoms with E-state index >= 15 is 0 Å². The second-order valence-corrected chi connectivity index (χ2v) is 9.52. The minimum absolute atomic E-state index is 0.0171. The number of hydrogen-bond acceptors (Lipinski definition) is 6. The standard InChI is InChI=1S/C20H16N2O5S2/c1-27-17-9-7-16(8-10-17)22-29(25,26)19-11-12-20(15(13-19)14-21)28(23,24)18-5-3-2-4-6-18/h2-13,22H,1H3. The minimum Gasteiger partial charge on any atom is -0.497 e.